The first-order chi connectivity index (χ1) is 12.5. The molecule has 27 heavy (non-hydrogen) atoms. The lowest BCUT2D eigenvalue weighted by Crippen LogP contribution is -2.47. The molecular formula is C20H25ClN2O3S. The number of hydrogen-bond acceptors (Lipinski definition) is 3. The molecule has 0 bridgehead atoms. The van der Waals surface area contributed by atoms with Crippen molar-refractivity contribution in [2.75, 3.05) is 15.9 Å². The van der Waals surface area contributed by atoms with Crippen LogP contribution in [0.15, 0.2) is 36.4 Å². The lowest BCUT2D eigenvalue weighted by molar-refractivity contribution is -0.117. The summed E-state index contributed by atoms with van der Waals surface area (Å²) in [5.41, 5.74) is 3.64. The molecule has 2 aromatic carbocycles. The van der Waals surface area contributed by atoms with E-state index in [4.69, 9.17) is 11.6 Å². The van der Waals surface area contributed by atoms with Gasteiger partial charge in [-0.3, -0.25) is 9.10 Å². The van der Waals surface area contributed by atoms with Crippen molar-refractivity contribution in [2.45, 2.75) is 40.2 Å². The number of aryl methyl sites for hydroxylation is 3. The van der Waals surface area contributed by atoms with Gasteiger partial charge < -0.3 is 5.32 Å². The third-order valence-electron chi connectivity index (χ3n) is 4.39. The number of halogens is 1. The fourth-order valence-corrected chi connectivity index (χ4v) is 4.37. The molecule has 7 heteroatoms. The summed E-state index contributed by atoms with van der Waals surface area (Å²) < 4.78 is 26.4. The smallest absolute Gasteiger partial charge is 0.248 e. The highest BCUT2D eigenvalue weighted by atomic mass is 35.5. The minimum Gasteiger partial charge on any atom is -0.324 e. The highest BCUT2D eigenvalue weighted by Gasteiger charge is 2.32. The molecule has 0 aliphatic rings. The molecule has 0 radical (unpaired) electrons. The Morgan fingerprint density at radius 1 is 1.11 bits per heavy atom. The maximum Gasteiger partial charge on any atom is 0.248 e. The van der Waals surface area contributed by atoms with Gasteiger partial charge in [0.25, 0.3) is 0 Å². The van der Waals surface area contributed by atoms with Crippen LogP contribution in [0.2, 0.25) is 5.02 Å². The number of hydrogen-bond donors (Lipinski definition) is 1. The summed E-state index contributed by atoms with van der Waals surface area (Å²) in [7, 11) is -3.68. The zero-order chi connectivity index (χ0) is 20.4. The summed E-state index contributed by atoms with van der Waals surface area (Å²) >= 11 is 6.03. The molecule has 0 spiro atoms. The molecule has 1 amide bonds. The SMILES string of the molecule is CC[C@@H](C(=O)Nc1cc(Cl)ccc1C)N(c1cc(C)ccc1C)S(C)(=O)=O. The fraction of sp³-hybridized carbons (Fsp3) is 0.350. The van der Waals surface area contributed by atoms with Crippen molar-refractivity contribution in [3.63, 3.8) is 0 Å². The Morgan fingerprint density at radius 2 is 1.74 bits per heavy atom. The van der Waals surface area contributed by atoms with Crippen molar-refractivity contribution in [3.8, 4) is 0 Å². The lowest BCUT2D eigenvalue weighted by Gasteiger charge is -2.31. The lowest BCUT2D eigenvalue weighted by atomic mass is 10.1. The van der Waals surface area contributed by atoms with Crippen LogP contribution in [0.5, 0.6) is 0 Å². The Bertz CT molecular complexity index is 958. The molecule has 5 nitrogen and oxygen atoms in total. The molecule has 0 saturated carbocycles. The zero-order valence-corrected chi connectivity index (χ0v) is 17.8. The normalized spacial score (nSPS) is 12.5. The molecule has 0 aromatic heterocycles. The van der Waals surface area contributed by atoms with Crippen LogP contribution in [0.1, 0.15) is 30.0 Å². The molecule has 146 valence electrons. The van der Waals surface area contributed by atoms with Gasteiger partial charge in [-0.2, -0.15) is 0 Å². The number of rotatable bonds is 6. The van der Waals surface area contributed by atoms with E-state index in [0.717, 1.165) is 22.9 Å². The third kappa shape index (κ3) is 5.02. The number of carbonyl (C=O) groups excluding carboxylic acids is 1. The Balaban J connectivity index is 2.48. The maximum atomic E-state index is 13.0. The summed E-state index contributed by atoms with van der Waals surface area (Å²) in [5.74, 6) is -0.394. The van der Waals surface area contributed by atoms with Crippen LogP contribution in [0.3, 0.4) is 0 Å². The van der Waals surface area contributed by atoms with E-state index in [1.807, 2.05) is 32.9 Å². The van der Waals surface area contributed by atoms with Crippen molar-refractivity contribution in [1.82, 2.24) is 0 Å². The van der Waals surface area contributed by atoms with E-state index < -0.39 is 22.0 Å². The van der Waals surface area contributed by atoms with Crippen molar-refractivity contribution in [2.24, 2.45) is 0 Å². The molecular weight excluding hydrogens is 384 g/mol. The average Bonchev–Trinajstić information content (AvgIpc) is 2.57. The van der Waals surface area contributed by atoms with Crippen molar-refractivity contribution < 1.29 is 13.2 Å². The number of nitrogens with one attached hydrogen (secondary N) is 1. The number of sulfonamides is 1. The van der Waals surface area contributed by atoms with Crippen LogP contribution in [0.4, 0.5) is 11.4 Å². The summed E-state index contributed by atoms with van der Waals surface area (Å²) in [6.07, 6.45) is 1.45. The molecule has 0 fully saturated rings. The zero-order valence-electron chi connectivity index (χ0n) is 16.2. The molecule has 0 unspecified atom stereocenters. The van der Waals surface area contributed by atoms with Crippen molar-refractivity contribution in [1.29, 1.82) is 0 Å². The first-order valence-corrected chi connectivity index (χ1v) is 10.9. The first kappa shape index (κ1) is 21.3. The summed E-state index contributed by atoms with van der Waals surface area (Å²) in [5, 5.41) is 3.33. The second-order valence-corrected chi connectivity index (χ2v) is 9.02. The Labute approximate surface area is 166 Å². The van der Waals surface area contributed by atoms with Gasteiger partial charge in [-0.15, -0.1) is 0 Å². The summed E-state index contributed by atoms with van der Waals surface area (Å²) in [4.78, 5) is 13.0. The molecule has 0 aliphatic carbocycles. The molecule has 1 N–H and O–H groups in total. The third-order valence-corrected chi connectivity index (χ3v) is 5.79. The predicted octanol–water partition coefficient (Wildman–Crippen LogP) is 4.45. The van der Waals surface area contributed by atoms with Crippen LogP contribution in [-0.2, 0) is 14.8 Å². The van der Waals surface area contributed by atoms with Crippen molar-refractivity contribution >= 4 is 38.9 Å². The van der Waals surface area contributed by atoms with Crippen molar-refractivity contribution in [3.05, 3.63) is 58.1 Å². The van der Waals surface area contributed by atoms with E-state index in [1.165, 1.54) is 4.31 Å². The van der Waals surface area contributed by atoms with E-state index in [0.29, 0.717) is 22.8 Å². The Hall–Kier alpha value is -2.05. The van der Waals surface area contributed by atoms with Gasteiger partial charge in [-0.05, 0) is 62.1 Å². The van der Waals surface area contributed by atoms with Gasteiger partial charge in [0.2, 0.25) is 15.9 Å². The number of nitrogens with zero attached hydrogens (tertiary/aromatic N) is 1. The Kier molecular flexibility index (Phi) is 6.54. The minimum atomic E-state index is -3.68. The quantitative estimate of drug-likeness (QED) is 0.767. The van der Waals surface area contributed by atoms with Gasteiger partial charge in [-0.25, -0.2) is 8.42 Å². The second kappa shape index (κ2) is 8.31. The van der Waals surface area contributed by atoms with E-state index in [9.17, 15) is 13.2 Å². The number of carbonyl (C=O) groups is 1. The molecule has 2 rings (SSSR count). The molecule has 0 aliphatic heterocycles. The van der Waals surface area contributed by atoms with E-state index in [-0.39, 0.29) is 0 Å². The molecule has 2 aromatic rings. The average molecular weight is 409 g/mol. The molecule has 0 heterocycles. The van der Waals surface area contributed by atoms with Gasteiger partial charge in [0.15, 0.2) is 0 Å². The summed E-state index contributed by atoms with van der Waals surface area (Å²) in [6.45, 7) is 7.36. The fourth-order valence-electron chi connectivity index (χ4n) is 2.94. The van der Waals surface area contributed by atoms with E-state index in [2.05, 4.69) is 5.32 Å². The Morgan fingerprint density at radius 3 is 2.33 bits per heavy atom. The van der Waals surface area contributed by atoms with Gasteiger partial charge in [-0.1, -0.05) is 36.7 Å². The number of benzene rings is 2. The van der Waals surface area contributed by atoms with Crippen LogP contribution >= 0.6 is 11.6 Å². The van der Waals surface area contributed by atoms with Crippen LogP contribution < -0.4 is 9.62 Å². The highest BCUT2D eigenvalue weighted by molar-refractivity contribution is 7.92. The van der Waals surface area contributed by atoms with Gasteiger partial charge >= 0.3 is 0 Å². The van der Waals surface area contributed by atoms with Crippen LogP contribution in [-0.4, -0.2) is 26.6 Å². The molecule has 0 saturated heterocycles. The number of amides is 1. The predicted molar refractivity (Wildman–Crippen MR) is 112 cm³/mol. The largest absolute Gasteiger partial charge is 0.324 e. The van der Waals surface area contributed by atoms with E-state index >= 15 is 0 Å². The summed E-state index contributed by atoms with van der Waals surface area (Å²) in [6, 6.07) is 9.88. The van der Waals surface area contributed by atoms with E-state index in [1.54, 1.807) is 31.2 Å². The highest BCUT2D eigenvalue weighted by Crippen LogP contribution is 2.28. The molecule has 1 atom stereocenters. The second-order valence-electron chi connectivity index (χ2n) is 6.72. The topological polar surface area (TPSA) is 66.5 Å². The number of anilines is 2. The first-order valence-electron chi connectivity index (χ1n) is 8.68. The monoisotopic (exact) mass is 408 g/mol. The minimum absolute atomic E-state index is 0.325. The van der Waals surface area contributed by atoms with Crippen LogP contribution in [0.25, 0.3) is 0 Å². The maximum absolute atomic E-state index is 13.0. The standard InChI is InChI=1S/C20H25ClN2O3S/c1-6-18(20(24)22-17-12-16(21)10-9-14(17)3)23(27(5,25)26)19-11-13(2)7-8-15(19)4/h7-12,18H,6H2,1-5H3,(H,22,24)/t18-/m0/s1. The van der Waals surface area contributed by atoms with Crippen LogP contribution in [0, 0.1) is 20.8 Å². The van der Waals surface area contributed by atoms with Gasteiger partial charge in [0.1, 0.15) is 6.04 Å². The van der Waals surface area contributed by atoms with Gasteiger partial charge in [0.05, 0.1) is 11.9 Å². The van der Waals surface area contributed by atoms with Gasteiger partial charge in [0, 0.05) is 10.7 Å².